The van der Waals surface area contributed by atoms with Crippen LogP contribution in [0.4, 0.5) is 4.79 Å². The van der Waals surface area contributed by atoms with Crippen molar-refractivity contribution < 1.29 is 18.0 Å². The number of nitrogens with one attached hydrogen (secondary N) is 1. The third kappa shape index (κ3) is 3.58. The maximum absolute atomic E-state index is 12.4. The zero-order valence-electron chi connectivity index (χ0n) is 15.9. The number of primary sulfonamides is 1. The standard InChI is InChI=1S/C19H22N4O4S/c1-4-9-22-18(24)17(21-19(22)25)11-14-10-12(2)23(13(14)3)15-5-7-16(8-6-15)28(20,26)27/h5-8,10-11H,4,9H2,1-3H3,(H,21,25)(H2,20,26,27)/b17-11+. The Labute approximate surface area is 163 Å². The van der Waals surface area contributed by atoms with Gasteiger partial charge in [0, 0.05) is 23.6 Å². The van der Waals surface area contributed by atoms with Crippen LogP contribution in [0.2, 0.25) is 0 Å². The van der Waals surface area contributed by atoms with Crippen molar-refractivity contribution in [2.24, 2.45) is 5.14 Å². The van der Waals surface area contributed by atoms with Crippen molar-refractivity contribution >= 4 is 28.0 Å². The summed E-state index contributed by atoms with van der Waals surface area (Å²) in [6.45, 7) is 6.06. The van der Waals surface area contributed by atoms with Gasteiger partial charge in [0.25, 0.3) is 5.91 Å². The number of carbonyl (C=O) groups excluding carboxylic acids is 2. The quantitative estimate of drug-likeness (QED) is 0.588. The molecule has 2 heterocycles. The number of aromatic nitrogens is 1. The summed E-state index contributed by atoms with van der Waals surface area (Å²) < 4.78 is 24.8. The van der Waals surface area contributed by atoms with Gasteiger partial charge in [-0.2, -0.15) is 0 Å². The topological polar surface area (TPSA) is 114 Å². The van der Waals surface area contributed by atoms with Gasteiger partial charge in [0.05, 0.1) is 4.90 Å². The number of carbonyl (C=O) groups is 2. The summed E-state index contributed by atoms with van der Waals surface area (Å²) in [5.74, 6) is -0.339. The number of nitrogens with two attached hydrogens (primary N) is 1. The highest BCUT2D eigenvalue weighted by molar-refractivity contribution is 7.89. The number of sulfonamides is 1. The number of urea groups is 1. The third-order valence-corrected chi connectivity index (χ3v) is 5.53. The van der Waals surface area contributed by atoms with Crippen LogP contribution in [0.1, 0.15) is 30.3 Å². The number of rotatable bonds is 5. The molecule has 3 rings (SSSR count). The van der Waals surface area contributed by atoms with E-state index in [0.717, 1.165) is 22.6 Å². The predicted octanol–water partition coefficient (Wildman–Crippen LogP) is 2.04. The molecule has 0 spiro atoms. The van der Waals surface area contributed by atoms with Crippen molar-refractivity contribution in [3.8, 4) is 5.69 Å². The lowest BCUT2D eigenvalue weighted by Gasteiger charge is -2.10. The second-order valence-corrected chi connectivity index (χ2v) is 8.21. The minimum Gasteiger partial charge on any atom is -0.318 e. The summed E-state index contributed by atoms with van der Waals surface area (Å²) in [4.78, 5) is 25.6. The maximum Gasteiger partial charge on any atom is 0.329 e. The van der Waals surface area contributed by atoms with E-state index in [1.165, 1.54) is 17.0 Å². The van der Waals surface area contributed by atoms with Crippen LogP contribution in [-0.2, 0) is 14.8 Å². The molecule has 0 radical (unpaired) electrons. The summed E-state index contributed by atoms with van der Waals surface area (Å²) in [5.41, 5.74) is 3.54. The van der Waals surface area contributed by atoms with Gasteiger partial charge in [-0.1, -0.05) is 6.92 Å². The van der Waals surface area contributed by atoms with E-state index < -0.39 is 16.1 Å². The molecule has 0 unspecified atom stereocenters. The van der Waals surface area contributed by atoms with Gasteiger partial charge in [0.2, 0.25) is 10.0 Å². The minimum absolute atomic E-state index is 0.0383. The number of hydrogen-bond donors (Lipinski definition) is 2. The van der Waals surface area contributed by atoms with Crippen LogP contribution in [0.5, 0.6) is 0 Å². The predicted molar refractivity (Wildman–Crippen MR) is 105 cm³/mol. The molecule has 0 aliphatic carbocycles. The van der Waals surface area contributed by atoms with Gasteiger partial charge in [-0.25, -0.2) is 18.4 Å². The average molecular weight is 402 g/mol. The lowest BCUT2D eigenvalue weighted by atomic mass is 10.2. The molecule has 0 bridgehead atoms. The molecular formula is C19H22N4O4S. The fraction of sp³-hybridized carbons (Fsp3) is 0.263. The molecule has 1 fully saturated rings. The zero-order chi connectivity index (χ0) is 20.6. The van der Waals surface area contributed by atoms with Gasteiger partial charge >= 0.3 is 6.03 Å². The lowest BCUT2D eigenvalue weighted by molar-refractivity contribution is -0.122. The summed E-state index contributed by atoms with van der Waals surface area (Å²) in [5, 5.41) is 7.76. The van der Waals surface area contributed by atoms with E-state index in [9.17, 15) is 18.0 Å². The van der Waals surface area contributed by atoms with Gasteiger partial charge in [-0.3, -0.25) is 9.69 Å². The molecule has 8 nitrogen and oxygen atoms in total. The molecule has 1 aromatic carbocycles. The largest absolute Gasteiger partial charge is 0.329 e. The molecule has 3 N–H and O–H groups in total. The van der Waals surface area contributed by atoms with Crippen LogP contribution in [0.15, 0.2) is 40.9 Å². The lowest BCUT2D eigenvalue weighted by Crippen LogP contribution is -2.31. The van der Waals surface area contributed by atoms with E-state index in [4.69, 9.17) is 5.14 Å². The molecule has 148 valence electrons. The van der Waals surface area contributed by atoms with E-state index in [0.29, 0.717) is 13.0 Å². The number of imide groups is 1. The number of amides is 3. The van der Waals surface area contributed by atoms with E-state index in [-0.39, 0.29) is 16.5 Å². The Bertz CT molecular complexity index is 1080. The Morgan fingerprint density at radius 3 is 2.36 bits per heavy atom. The Morgan fingerprint density at radius 1 is 1.14 bits per heavy atom. The summed E-state index contributed by atoms with van der Waals surface area (Å²) in [7, 11) is -3.76. The van der Waals surface area contributed by atoms with E-state index >= 15 is 0 Å². The Hall–Kier alpha value is -2.91. The van der Waals surface area contributed by atoms with Gasteiger partial charge in [0.1, 0.15) is 5.70 Å². The fourth-order valence-corrected chi connectivity index (χ4v) is 3.79. The molecule has 2 aromatic rings. The van der Waals surface area contributed by atoms with E-state index in [1.807, 2.05) is 31.4 Å². The Balaban J connectivity index is 1.97. The number of benzene rings is 1. The zero-order valence-corrected chi connectivity index (χ0v) is 16.7. The van der Waals surface area contributed by atoms with E-state index in [2.05, 4.69) is 5.32 Å². The van der Waals surface area contributed by atoms with Crippen molar-refractivity contribution in [1.29, 1.82) is 0 Å². The van der Waals surface area contributed by atoms with Gasteiger partial charge in [-0.15, -0.1) is 0 Å². The molecular weight excluding hydrogens is 380 g/mol. The monoisotopic (exact) mass is 402 g/mol. The van der Waals surface area contributed by atoms with Crippen molar-refractivity contribution in [2.75, 3.05) is 6.54 Å². The molecule has 28 heavy (non-hydrogen) atoms. The van der Waals surface area contributed by atoms with Crippen LogP contribution < -0.4 is 10.5 Å². The molecule has 1 aromatic heterocycles. The molecule has 0 saturated carbocycles. The molecule has 1 aliphatic rings. The first-order chi connectivity index (χ1) is 13.1. The SMILES string of the molecule is CCCN1C(=O)N/C(=C/c2cc(C)n(-c3ccc(S(N)(=O)=O)cc3)c2C)C1=O. The fourth-order valence-electron chi connectivity index (χ4n) is 3.27. The highest BCUT2D eigenvalue weighted by Crippen LogP contribution is 2.24. The van der Waals surface area contributed by atoms with Gasteiger partial charge in [0.15, 0.2) is 0 Å². The molecule has 3 amide bonds. The van der Waals surface area contributed by atoms with Crippen LogP contribution >= 0.6 is 0 Å². The second-order valence-electron chi connectivity index (χ2n) is 6.65. The maximum atomic E-state index is 12.4. The number of aryl methyl sites for hydroxylation is 1. The van der Waals surface area contributed by atoms with Crippen LogP contribution in [0, 0.1) is 13.8 Å². The number of hydrogen-bond acceptors (Lipinski definition) is 4. The molecule has 9 heteroatoms. The summed E-state index contributed by atoms with van der Waals surface area (Å²) in [6.07, 6.45) is 2.35. The average Bonchev–Trinajstić information content (AvgIpc) is 3.05. The first kappa shape index (κ1) is 19.8. The van der Waals surface area contributed by atoms with Crippen molar-refractivity contribution in [2.45, 2.75) is 32.1 Å². The molecule has 1 aliphatic heterocycles. The van der Waals surface area contributed by atoms with Crippen molar-refractivity contribution in [3.63, 3.8) is 0 Å². The third-order valence-electron chi connectivity index (χ3n) is 4.60. The second kappa shape index (κ2) is 7.25. The summed E-state index contributed by atoms with van der Waals surface area (Å²) in [6, 6.07) is 7.73. The Kier molecular flexibility index (Phi) is 5.14. The Morgan fingerprint density at radius 2 is 1.79 bits per heavy atom. The van der Waals surface area contributed by atoms with Crippen molar-refractivity contribution in [3.05, 3.63) is 53.0 Å². The van der Waals surface area contributed by atoms with Crippen molar-refractivity contribution in [1.82, 2.24) is 14.8 Å². The molecule has 1 saturated heterocycles. The highest BCUT2D eigenvalue weighted by Gasteiger charge is 2.32. The normalized spacial score (nSPS) is 16.1. The highest BCUT2D eigenvalue weighted by atomic mass is 32.2. The van der Waals surface area contributed by atoms with Gasteiger partial charge < -0.3 is 9.88 Å². The van der Waals surface area contributed by atoms with Crippen LogP contribution in [0.3, 0.4) is 0 Å². The van der Waals surface area contributed by atoms with Crippen LogP contribution in [0.25, 0.3) is 11.8 Å². The van der Waals surface area contributed by atoms with Gasteiger partial charge in [-0.05, 0) is 62.2 Å². The smallest absolute Gasteiger partial charge is 0.318 e. The molecule has 0 atom stereocenters. The van der Waals surface area contributed by atoms with Crippen LogP contribution in [-0.4, -0.2) is 36.4 Å². The number of nitrogens with zero attached hydrogens (tertiary/aromatic N) is 2. The minimum atomic E-state index is -3.76. The first-order valence-corrected chi connectivity index (χ1v) is 10.3. The summed E-state index contributed by atoms with van der Waals surface area (Å²) >= 11 is 0. The first-order valence-electron chi connectivity index (χ1n) is 8.80. The van der Waals surface area contributed by atoms with E-state index in [1.54, 1.807) is 18.2 Å².